The van der Waals surface area contributed by atoms with E-state index in [0.29, 0.717) is 11.1 Å². The Hall–Kier alpha value is -2.42. The predicted octanol–water partition coefficient (Wildman–Crippen LogP) is 3.59. The summed E-state index contributed by atoms with van der Waals surface area (Å²) in [6.45, 7) is 0.151. The smallest absolute Gasteiger partial charge is 0.261 e. The second-order valence-corrected chi connectivity index (χ2v) is 8.57. The number of amides is 1. The lowest BCUT2D eigenvalue weighted by atomic mass is 10.1. The van der Waals surface area contributed by atoms with Gasteiger partial charge in [0.05, 0.1) is 4.90 Å². The van der Waals surface area contributed by atoms with E-state index in [1.165, 1.54) is 0 Å². The Morgan fingerprint density at radius 2 is 1.89 bits per heavy atom. The van der Waals surface area contributed by atoms with E-state index in [2.05, 4.69) is 10.3 Å². The van der Waals surface area contributed by atoms with Crippen molar-refractivity contribution >= 4 is 48.1 Å². The average molecular weight is 429 g/mol. The first-order valence-electron chi connectivity index (χ1n) is 7.45. The molecule has 1 heterocycles. The average Bonchev–Trinajstić information content (AvgIpc) is 2.61. The van der Waals surface area contributed by atoms with Gasteiger partial charge in [0, 0.05) is 33.8 Å². The molecule has 1 amide bonds. The second-order valence-electron chi connectivity index (χ2n) is 5.57. The Kier molecular flexibility index (Phi) is 5.23. The quantitative estimate of drug-likeness (QED) is 0.618. The molecule has 0 fully saturated rings. The van der Waals surface area contributed by atoms with Crippen molar-refractivity contribution in [3.63, 3.8) is 0 Å². The molecule has 0 aliphatic carbocycles. The van der Waals surface area contributed by atoms with E-state index < -0.39 is 31.4 Å². The normalized spacial score (nSPS) is 11.5. The van der Waals surface area contributed by atoms with Gasteiger partial charge in [-0.3, -0.25) is 9.78 Å². The van der Waals surface area contributed by atoms with E-state index in [1.807, 2.05) is 0 Å². The Labute approximate surface area is 163 Å². The number of nitrogens with one attached hydrogen (secondary N) is 1. The monoisotopic (exact) mass is 428 g/mol. The maximum absolute atomic E-state index is 14.1. The van der Waals surface area contributed by atoms with Gasteiger partial charge in [0.15, 0.2) is 5.82 Å². The molecule has 0 bridgehead atoms. The third-order valence-electron chi connectivity index (χ3n) is 3.76. The minimum absolute atomic E-state index is 0.151. The Morgan fingerprint density at radius 3 is 2.52 bits per heavy atom. The molecule has 2 N–H and O–H groups in total. The van der Waals surface area contributed by atoms with Crippen molar-refractivity contribution < 1.29 is 22.7 Å². The van der Waals surface area contributed by atoms with Crippen LogP contribution in [0.5, 0.6) is 5.75 Å². The second kappa shape index (κ2) is 7.30. The van der Waals surface area contributed by atoms with E-state index >= 15 is 0 Å². The molecule has 1 aromatic heterocycles. The summed E-state index contributed by atoms with van der Waals surface area (Å²) in [4.78, 5) is 15.6. The lowest BCUT2D eigenvalue weighted by Crippen LogP contribution is -2.23. The summed E-state index contributed by atoms with van der Waals surface area (Å²) < 4.78 is 37.0. The number of hydrogen-bond donors (Lipinski definition) is 2. The third-order valence-corrected chi connectivity index (χ3v) is 5.35. The molecule has 0 atom stereocenters. The van der Waals surface area contributed by atoms with Crippen LogP contribution in [0.25, 0.3) is 10.9 Å². The molecule has 10 heteroatoms. The van der Waals surface area contributed by atoms with E-state index in [4.69, 9.17) is 22.3 Å². The fourth-order valence-corrected chi connectivity index (χ4v) is 3.30. The van der Waals surface area contributed by atoms with Gasteiger partial charge in [0.2, 0.25) is 0 Å². The number of carbonyl (C=O) groups is 1. The molecule has 6 nitrogen and oxygen atoms in total. The van der Waals surface area contributed by atoms with Crippen LogP contribution >= 0.6 is 22.3 Å². The van der Waals surface area contributed by atoms with Gasteiger partial charge in [0.1, 0.15) is 16.8 Å². The van der Waals surface area contributed by atoms with Crippen LogP contribution in [-0.4, -0.2) is 24.4 Å². The summed E-state index contributed by atoms with van der Waals surface area (Å²) in [6, 6.07) is 8.41. The van der Waals surface area contributed by atoms with Gasteiger partial charge < -0.3 is 10.4 Å². The molecule has 3 rings (SSSR count). The maximum atomic E-state index is 14.1. The van der Waals surface area contributed by atoms with Crippen molar-refractivity contribution in [3.8, 4) is 5.75 Å². The van der Waals surface area contributed by atoms with Crippen molar-refractivity contribution in [1.29, 1.82) is 0 Å². The van der Waals surface area contributed by atoms with Crippen LogP contribution in [0.3, 0.4) is 0 Å². The van der Waals surface area contributed by atoms with Gasteiger partial charge in [-0.2, -0.15) is 0 Å². The molecule has 0 aliphatic rings. The number of aromatic hydroxyl groups is 1. The number of carbonyl (C=O) groups excluding carboxylic acids is 1. The van der Waals surface area contributed by atoms with Crippen molar-refractivity contribution in [1.82, 2.24) is 10.3 Å². The first-order chi connectivity index (χ1) is 12.7. The predicted molar refractivity (Wildman–Crippen MR) is 99.0 cm³/mol. The number of hydrogen-bond acceptors (Lipinski definition) is 5. The van der Waals surface area contributed by atoms with Crippen LogP contribution < -0.4 is 5.32 Å². The topological polar surface area (TPSA) is 96.4 Å². The molecule has 140 valence electrons. The summed E-state index contributed by atoms with van der Waals surface area (Å²) in [5, 5.41) is 13.2. The summed E-state index contributed by atoms with van der Waals surface area (Å²) in [5.74, 6) is -2.26. The standard InChI is InChI=1S/C17H11Cl2FN2O4S/c18-10-3-1-9(2-4-10)7-22-17(24)13-8-21-15-12(16(13)23)5-11(6-14(15)20)27(19,25)26/h1-6,8H,7H2,(H,21,23)(H,22,24). The lowest BCUT2D eigenvalue weighted by Gasteiger charge is -2.10. The maximum Gasteiger partial charge on any atom is 0.261 e. The third kappa shape index (κ3) is 4.13. The SMILES string of the molecule is O=C(NCc1ccc(Cl)cc1)c1cnc2c(F)cc(S(=O)(=O)Cl)cc2c1O. The summed E-state index contributed by atoms with van der Waals surface area (Å²) >= 11 is 5.79. The Morgan fingerprint density at radius 1 is 1.22 bits per heavy atom. The lowest BCUT2D eigenvalue weighted by molar-refractivity contribution is 0.0948. The highest BCUT2D eigenvalue weighted by molar-refractivity contribution is 8.13. The van der Waals surface area contributed by atoms with Crippen molar-refractivity contribution in [2.75, 3.05) is 0 Å². The molecule has 0 unspecified atom stereocenters. The number of pyridine rings is 1. The van der Waals surface area contributed by atoms with E-state index in [-0.39, 0.29) is 23.0 Å². The zero-order chi connectivity index (χ0) is 19.8. The molecule has 27 heavy (non-hydrogen) atoms. The fraction of sp³-hybridized carbons (Fsp3) is 0.0588. The van der Waals surface area contributed by atoms with Crippen LogP contribution in [0, 0.1) is 5.82 Å². The Bertz CT molecular complexity index is 1150. The molecular weight excluding hydrogens is 418 g/mol. The van der Waals surface area contributed by atoms with E-state index in [9.17, 15) is 22.7 Å². The number of fused-ring (bicyclic) bond motifs is 1. The highest BCUT2D eigenvalue weighted by Gasteiger charge is 2.20. The molecular formula is C17H11Cl2FN2O4S. The fourth-order valence-electron chi connectivity index (χ4n) is 2.41. The molecule has 0 saturated carbocycles. The molecule has 0 spiro atoms. The molecule has 0 radical (unpaired) electrons. The van der Waals surface area contributed by atoms with Gasteiger partial charge in [0.25, 0.3) is 15.0 Å². The zero-order valence-electron chi connectivity index (χ0n) is 13.4. The first kappa shape index (κ1) is 19.3. The van der Waals surface area contributed by atoms with Crippen LogP contribution in [-0.2, 0) is 15.6 Å². The summed E-state index contributed by atoms with van der Waals surface area (Å²) in [7, 11) is 0.995. The van der Waals surface area contributed by atoms with Crippen LogP contribution in [0.15, 0.2) is 47.5 Å². The van der Waals surface area contributed by atoms with Crippen LogP contribution in [0.2, 0.25) is 5.02 Å². The number of rotatable bonds is 4. The first-order valence-corrected chi connectivity index (χ1v) is 10.1. The minimum Gasteiger partial charge on any atom is -0.506 e. The number of benzene rings is 2. The Balaban J connectivity index is 1.95. The van der Waals surface area contributed by atoms with Gasteiger partial charge in [-0.1, -0.05) is 23.7 Å². The highest BCUT2D eigenvalue weighted by Crippen LogP contribution is 2.32. The van der Waals surface area contributed by atoms with Crippen LogP contribution in [0.1, 0.15) is 15.9 Å². The van der Waals surface area contributed by atoms with Crippen LogP contribution in [0.4, 0.5) is 4.39 Å². The van der Waals surface area contributed by atoms with Gasteiger partial charge >= 0.3 is 0 Å². The summed E-state index contributed by atoms with van der Waals surface area (Å²) in [5.41, 5.74) is 0.244. The number of halogens is 3. The zero-order valence-corrected chi connectivity index (χ0v) is 15.7. The van der Waals surface area contributed by atoms with Crippen molar-refractivity contribution in [3.05, 3.63) is 64.6 Å². The van der Waals surface area contributed by atoms with Gasteiger partial charge in [-0.15, -0.1) is 0 Å². The largest absolute Gasteiger partial charge is 0.506 e. The molecule has 2 aromatic carbocycles. The van der Waals surface area contributed by atoms with Gasteiger partial charge in [-0.25, -0.2) is 12.8 Å². The van der Waals surface area contributed by atoms with Gasteiger partial charge in [-0.05, 0) is 29.8 Å². The van der Waals surface area contributed by atoms with Crippen molar-refractivity contribution in [2.24, 2.45) is 0 Å². The highest BCUT2D eigenvalue weighted by atomic mass is 35.7. The van der Waals surface area contributed by atoms with E-state index in [0.717, 1.165) is 17.8 Å². The minimum atomic E-state index is -4.23. The molecule has 0 saturated heterocycles. The molecule has 0 aliphatic heterocycles. The number of nitrogens with zero attached hydrogens (tertiary/aromatic N) is 1. The summed E-state index contributed by atoms with van der Waals surface area (Å²) in [6.07, 6.45) is 1.01. The van der Waals surface area contributed by atoms with Crippen molar-refractivity contribution in [2.45, 2.75) is 11.4 Å². The van der Waals surface area contributed by atoms with E-state index in [1.54, 1.807) is 24.3 Å². The molecule has 3 aromatic rings. The number of aromatic nitrogens is 1.